The first-order chi connectivity index (χ1) is 14.9. The van der Waals surface area contributed by atoms with Gasteiger partial charge in [-0.2, -0.15) is 0 Å². The number of aryl methyl sites for hydroxylation is 1. The van der Waals surface area contributed by atoms with Crippen LogP contribution in [-0.4, -0.2) is 27.4 Å². The van der Waals surface area contributed by atoms with Crippen LogP contribution < -0.4 is 9.04 Å². The number of Topliss-reactive ketones (excluding diaryl/α,β-unsaturated/α-hetero) is 1. The molecule has 5 nitrogen and oxygen atoms in total. The number of hydrogen-bond donors (Lipinski definition) is 0. The Kier molecular flexibility index (Phi) is 5.41. The Bertz CT molecular complexity index is 1230. The Labute approximate surface area is 182 Å². The molecule has 1 aliphatic heterocycles. The number of ketones is 1. The van der Waals surface area contributed by atoms with E-state index in [9.17, 15) is 13.2 Å². The molecule has 3 aromatic rings. The van der Waals surface area contributed by atoms with Gasteiger partial charge in [-0.25, -0.2) is 8.42 Å². The first-order valence-electron chi connectivity index (χ1n) is 9.89. The van der Waals surface area contributed by atoms with Gasteiger partial charge >= 0.3 is 0 Å². The van der Waals surface area contributed by atoms with Crippen molar-refractivity contribution in [1.29, 1.82) is 0 Å². The van der Waals surface area contributed by atoms with Crippen LogP contribution in [0.3, 0.4) is 0 Å². The average Bonchev–Trinajstić information content (AvgIpc) is 3.14. The van der Waals surface area contributed by atoms with Gasteiger partial charge in [-0.05, 0) is 55.0 Å². The monoisotopic (exact) mass is 433 g/mol. The molecule has 0 amide bonds. The summed E-state index contributed by atoms with van der Waals surface area (Å²) in [6.07, 6.45) is 1.65. The number of benzene rings is 3. The molecule has 0 fully saturated rings. The van der Waals surface area contributed by atoms with Gasteiger partial charge in [0.2, 0.25) is 0 Å². The van der Waals surface area contributed by atoms with Crippen molar-refractivity contribution >= 4 is 21.5 Å². The summed E-state index contributed by atoms with van der Waals surface area (Å²) in [4.78, 5) is 13.8. The fraction of sp³-hybridized carbons (Fsp3) is 0.160. The normalized spacial score (nSPS) is 17.8. The van der Waals surface area contributed by atoms with Gasteiger partial charge in [-0.1, -0.05) is 42.0 Å². The zero-order chi connectivity index (χ0) is 22.2. The summed E-state index contributed by atoms with van der Waals surface area (Å²) in [5, 5.41) is 0. The van der Waals surface area contributed by atoms with Crippen LogP contribution >= 0.6 is 0 Å². The van der Waals surface area contributed by atoms with Crippen LogP contribution in [0.2, 0.25) is 0 Å². The maximum Gasteiger partial charge on any atom is 0.265 e. The van der Waals surface area contributed by atoms with Gasteiger partial charge in [0.15, 0.2) is 5.78 Å². The highest BCUT2D eigenvalue weighted by molar-refractivity contribution is 7.93. The molecule has 6 heteroatoms. The Balaban J connectivity index is 1.87. The van der Waals surface area contributed by atoms with Gasteiger partial charge in [-0.3, -0.25) is 9.10 Å². The molecule has 0 N–H and O–H groups in total. The quantitative estimate of drug-likeness (QED) is 0.416. The minimum atomic E-state index is -3.99. The maximum atomic E-state index is 13.7. The zero-order valence-corrected chi connectivity index (χ0v) is 18.2. The largest absolute Gasteiger partial charge is 0.497 e. The predicted octanol–water partition coefficient (Wildman–Crippen LogP) is 4.73. The van der Waals surface area contributed by atoms with Crippen molar-refractivity contribution < 1.29 is 17.9 Å². The lowest BCUT2D eigenvalue weighted by atomic mass is 9.90. The van der Waals surface area contributed by atoms with Crippen LogP contribution in [0, 0.1) is 6.92 Å². The molecular weight excluding hydrogens is 410 g/mol. The van der Waals surface area contributed by atoms with E-state index < -0.39 is 22.0 Å². The molecule has 1 aliphatic rings. The Morgan fingerprint density at radius 1 is 1.00 bits per heavy atom. The lowest BCUT2D eigenvalue weighted by Crippen LogP contribution is -2.44. The van der Waals surface area contributed by atoms with E-state index in [1.54, 1.807) is 73.8 Å². The first-order valence-corrected chi connectivity index (χ1v) is 11.3. The molecule has 0 spiro atoms. The fourth-order valence-electron chi connectivity index (χ4n) is 3.99. The SMILES string of the molecule is C=CC1c2ccccc2N(S(=O)(=O)c2ccc(C)cc2)C1C(=O)c1ccc(OC)cc1. The summed E-state index contributed by atoms with van der Waals surface area (Å²) in [5.74, 6) is -0.138. The van der Waals surface area contributed by atoms with Crippen LogP contribution in [0.4, 0.5) is 5.69 Å². The van der Waals surface area contributed by atoms with Crippen molar-refractivity contribution in [3.05, 3.63) is 102 Å². The van der Waals surface area contributed by atoms with E-state index in [1.807, 2.05) is 19.1 Å². The van der Waals surface area contributed by atoms with Crippen LogP contribution in [-0.2, 0) is 10.0 Å². The molecule has 4 rings (SSSR count). The summed E-state index contributed by atoms with van der Waals surface area (Å²) in [5.41, 5.74) is 2.63. The molecule has 2 unspecified atom stereocenters. The molecule has 0 bridgehead atoms. The smallest absolute Gasteiger partial charge is 0.265 e. The van der Waals surface area contributed by atoms with Crippen LogP contribution in [0.25, 0.3) is 0 Å². The minimum absolute atomic E-state index is 0.144. The van der Waals surface area contributed by atoms with E-state index in [0.717, 1.165) is 11.1 Å². The number of rotatable bonds is 6. The number of fused-ring (bicyclic) bond motifs is 1. The number of para-hydroxylation sites is 1. The molecule has 0 saturated carbocycles. The molecule has 1 heterocycles. The molecule has 0 saturated heterocycles. The topological polar surface area (TPSA) is 63.7 Å². The summed E-state index contributed by atoms with van der Waals surface area (Å²) in [7, 11) is -2.44. The molecule has 31 heavy (non-hydrogen) atoms. The van der Waals surface area contributed by atoms with Gasteiger partial charge < -0.3 is 4.74 Å². The first kappa shape index (κ1) is 20.9. The number of ether oxygens (including phenoxy) is 1. The van der Waals surface area contributed by atoms with Crippen molar-refractivity contribution in [1.82, 2.24) is 0 Å². The van der Waals surface area contributed by atoms with Gasteiger partial charge in [-0.15, -0.1) is 6.58 Å². The van der Waals surface area contributed by atoms with E-state index in [0.29, 0.717) is 17.0 Å². The third kappa shape index (κ3) is 3.53. The molecule has 158 valence electrons. The van der Waals surface area contributed by atoms with E-state index in [4.69, 9.17) is 4.74 Å². The highest BCUT2D eigenvalue weighted by atomic mass is 32.2. The van der Waals surface area contributed by atoms with Gasteiger partial charge in [0, 0.05) is 11.5 Å². The summed E-state index contributed by atoms with van der Waals surface area (Å²) < 4.78 is 33.9. The van der Waals surface area contributed by atoms with Gasteiger partial charge in [0.25, 0.3) is 10.0 Å². The summed E-state index contributed by atoms with van der Waals surface area (Å²) in [6, 6.07) is 19.6. The van der Waals surface area contributed by atoms with Crippen LogP contribution in [0.5, 0.6) is 5.75 Å². The number of anilines is 1. The van der Waals surface area contributed by atoms with E-state index in [-0.39, 0.29) is 10.7 Å². The maximum absolute atomic E-state index is 13.7. The lowest BCUT2D eigenvalue weighted by molar-refractivity contribution is 0.0960. The zero-order valence-electron chi connectivity index (χ0n) is 17.4. The Hall–Kier alpha value is -3.38. The minimum Gasteiger partial charge on any atom is -0.497 e. The van der Waals surface area contributed by atoms with Crippen molar-refractivity contribution in [3.63, 3.8) is 0 Å². The number of nitrogens with zero attached hydrogens (tertiary/aromatic N) is 1. The molecule has 0 radical (unpaired) electrons. The number of carbonyl (C=O) groups excluding carboxylic acids is 1. The van der Waals surface area contributed by atoms with Crippen molar-refractivity contribution in [2.75, 3.05) is 11.4 Å². The third-order valence-corrected chi connectivity index (χ3v) is 7.41. The van der Waals surface area contributed by atoms with Gasteiger partial charge in [0.05, 0.1) is 17.7 Å². The molecular formula is C25H23NO4S. The fourth-order valence-corrected chi connectivity index (χ4v) is 5.65. The van der Waals surface area contributed by atoms with Gasteiger partial charge in [0.1, 0.15) is 11.8 Å². The van der Waals surface area contributed by atoms with Crippen molar-refractivity contribution in [2.24, 2.45) is 0 Å². The Morgan fingerprint density at radius 3 is 2.26 bits per heavy atom. The van der Waals surface area contributed by atoms with Crippen LogP contribution in [0.15, 0.2) is 90.3 Å². The van der Waals surface area contributed by atoms with E-state index >= 15 is 0 Å². The molecule has 0 aromatic heterocycles. The second-order valence-corrected chi connectivity index (χ2v) is 9.29. The summed E-state index contributed by atoms with van der Waals surface area (Å²) >= 11 is 0. The second-order valence-electron chi connectivity index (χ2n) is 7.47. The predicted molar refractivity (Wildman–Crippen MR) is 121 cm³/mol. The molecule has 0 aliphatic carbocycles. The number of sulfonamides is 1. The summed E-state index contributed by atoms with van der Waals surface area (Å²) in [6.45, 7) is 5.80. The van der Waals surface area contributed by atoms with Crippen molar-refractivity contribution in [2.45, 2.75) is 23.8 Å². The number of hydrogen-bond acceptors (Lipinski definition) is 4. The highest BCUT2D eigenvalue weighted by Gasteiger charge is 2.47. The number of carbonyl (C=O) groups is 1. The van der Waals surface area contributed by atoms with Crippen LogP contribution in [0.1, 0.15) is 27.4 Å². The van der Waals surface area contributed by atoms with E-state index in [1.165, 1.54) is 4.31 Å². The highest BCUT2D eigenvalue weighted by Crippen LogP contribution is 2.45. The third-order valence-electron chi connectivity index (χ3n) is 5.60. The number of methoxy groups -OCH3 is 1. The standard InChI is InChI=1S/C25H23NO4S/c1-4-21-22-7-5-6-8-23(22)26(31(28,29)20-15-9-17(2)10-16-20)24(21)25(27)18-11-13-19(30-3)14-12-18/h4-16,21,24H,1H2,2-3H3. The lowest BCUT2D eigenvalue weighted by Gasteiger charge is -2.28. The Morgan fingerprint density at radius 2 is 1.65 bits per heavy atom. The second kappa shape index (κ2) is 8.04. The van der Waals surface area contributed by atoms with Crippen molar-refractivity contribution in [3.8, 4) is 5.75 Å². The average molecular weight is 434 g/mol. The van der Waals surface area contributed by atoms with E-state index in [2.05, 4.69) is 6.58 Å². The molecule has 2 atom stereocenters. The molecule has 3 aromatic carbocycles.